The van der Waals surface area contributed by atoms with Gasteiger partial charge in [0.25, 0.3) is 0 Å². The summed E-state index contributed by atoms with van der Waals surface area (Å²) in [6.07, 6.45) is 1.32. The number of amides is 2. The van der Waals surface area contributed by atoms with E-state index in [-0.39, 0.29) is 23.7 Å². The zero-order valence-corrected chi connectivity index (χ0v) is 20.0. The molecule has 1 aliphatic carbocycles. The van der Waals surface area contributed by atoms with Crippen LogP contribution in [0, 0.1) is 5.82 Å². The smallest absolute Gasteiger partial charge is 0.230 e. The predicted molar refractivity (Wildman–Crippen MR) is 130 cm³/mol. The van der Waals surface area contributed by atoms with E-state index in [2.05, 4.69) is 17.0 Å². The van der Waals surface area contributed by atoms with Gasteiger partial charge < -0.3 is 14.7 Å². The van der Waals surface area contributed by atoms with Crippen molar-refractivity contribution in [1.82, 2.24) is 9.80 Å². The summed E-state index contributed by atoms with van der Waals surface area (Å²) >= 11 is 0. The number of nitrogens with zero attached hydrogens (tertiary/aromatic N) is 3. The average Bonchev–Trinajstić information content (AvgIpc) is 3.25. The number of aliphatic hydroxyl groups excluding tert-OH is 1. The number of piperidine rings is 1. The number of carbonyl (C=O) groups is 2. The van der Waals surface area contributed by atoms with E-state index >= 15 is 0 Å². The van der Waals surface area contributed by atoms with Crippen molar-refractivity contribution in [2.75, 3.05) is 31.1 Å². The van der Waals surface area contributed by atoms with E-state index in [1.54, 1.807) is 13.0 Å². The van der Waals surface area contributed by atoms with Crippen molar-refractivity contribution >= 4 is 17.5 Å². The fourth-order valence-electron chi connectivity index (χ4n) is 5.60. The first kappa shape index (κ1) is 23.8. The molecule has 1 N–H and O–H groups in total. The molecule has 186 valence electrons. The number of hydrogen-bond acceptors (Lipinski definition) is 6. The van der Waals surface area contributed by atoms with Gasteiger partial charge in [0.05, 0.1) is 11.8 Å². The minimum atomic E-state index is -0.871. The van der Waals surface area contributed by atoms with Crippen LogP contribution in [0.2, 0.25) is 0 Å². The number of fused-ring (bicyclic) bond motifs is 1. The number of rotatable bonds is 6. The first-order chi connectivity index (χ1) is 16.9. The molecule has 0 bridgehead atoms. The van der Waals surface area contributed by atoms with E-state index in [4.69, 9.17) is 4.74 Å². The van der Waals surface area contributed by atoms with Crippen LogP contribution in [-0.4, -0.2) is 71.3 Å². The van der Waals surface area contributed by atoms with Crippen molar-refractivity contribution in [3.8, 4) is 5.75 Å². The lowest BCUT2D eigenvalue weighted by molar-refractivity contribution is -0.161. The minimum Gasteiger partial charge on any atom is -0.488 e. The lowest BCUT2D eigenvalue weighted by atomic mass is 10.1. The maximum atomic E-state index is 14.3. The maximum absolute atomic E-state index is 14.3. The van der Waals surface area contributed by atoms with Gasteiger partial charge in [0.1, 0.15) is 23.8 Å². The van der Waals surface area contributed by atoms with Gasteiger partial charge >= 0.3 is 0 Å². The summed E-state index contributed by atoms with van der Waals surface area (Å²) < 4.78 is 20.6. The van der Waals surface area contributed by atoms with Crippen LogP contribution in [-0.2, 0) is 22.4 Å². The highest BCUT2D eigenvalue weighted by Gasteiger charge is 2.39. The number of halogens is 1. The van der Waals surface area contributed by atoms with Crippen molar-refractivity contribution in [2.24, 2.45) is 0 Å². The third-order valence-electron chi connectivity index (χ3n) is 7.27. The standard InChI is InChI=1S/C27H32FN3O4/c1-18(32)27(31-25(33)7-4-8-26(31)34)30-13-11-29(12-14-30)23-17-21(28)9-10-24(23)35-22-15-19-5-2-3-6-20(19)16-22/h2-3,5-6,9-10,17-18,22,27,32H,4,7-8,11-16H2,1H3/t18-,27?/m0/s1. The van der Waals surface area contributed by atoms with Crippen LogP contribution in [0.3, 0.4) is 0 Å². The van der Waals surface area contributed by atoms with Crippen LogP contribution in [0.4, 0.5) is 10.1 Å². The van der Waals surface area contributed by atoms with Gasteiger partial charge in [-0.1, -0.05) is 24.3 Å². The largest absolute Gasteiger partial charge is 0.488 e. The molecule has 2 saturated heterocycles. The molecule has 2 amide bonds. The van der Waals surface area contributed by atoms with Gasteiger partial charge in [0.2, 0.25) is 11.8 Å². The summed E-state index contributed by atoms with van der Waals surface area (Å²) in [4.78, 5) is 30.3. The number of ether oxygens (including phenoxy) is 1. The van der Waals surface area contributed by atoms with Crippen molar-refractivity contribution in [3.05, 3.63) is 59.4 Å². The normalized spacial score (nSPS) is 21.2. The number of piperazine rings is 1. The molecule has 7 nitrogen and oxygen atoms in total. The van der Waals surface area contributed by atoms with Gasteiger partial charge in [0.15, 0.2) is 0 Å². The monoisotopic (exact) mass is 481 g/mol. The number of imide groups is 1. The maximum Gasteiger partial charge on any atom is 0.230 e. The van der Waals surface area contributed by atoms with Gasteiger partial charge in [0, 0.05) is 57.9 Å². The second kappa shape index (κ2) is 9.95. The zero-order valence-electron chi connectivity index (χ0n) is 20.0. The van der Waals surface area contributed by atoms with Gasteiger partial charge in [-0.2, -0.15) is 0 Å². The molecule has 3 aliphatic rings. The van der Waals surface area contributed by atoms with Crippen LogP contribution in [0.15, 0.2) is 42.5 Å². The van der Waals surface area contributed by atoms with E-state index < -0.39 is 12.3 Å². The Kier molecular flexibility index (Phi) is 6.75. The second-order valence-corrected chi connectivity index (χ2v) is 9.72. The number of likely N-dealkylation sites (tertiary alicyclic amines) is 1. The molecule has 2 aromatic carbocycles. The molecular formula is C27H32FN3O4. The molecule has 2 atom stereocenters. The van der Waals surface area contributed by atoms with Crippen LogP contribution >= 0.6 is 0 Å². The summed E-state index contributed by atoms with van der Waals surface area (Å²) in [7, 11) is 0. The van der Waals surface area contributed by atoms with Crippen LogP contribution in [0.5, 0.6) is 5.75 Å². The molecule has 2 aromatic rings. The minimum absolute atomic E-state index is 0.00801. The lowest BCUT2D eigenvalue weighted by Crippen LogP contribution is -2.63. The Morgan fingerprint density at radius 1 is 0.971 bits per heavy atom. The molecule has 2 fully saturated rings. The Morgan fingerprint density at radius 3 is 2.20 bits per heavy atom. The first-order valence-electron chi connectivity index (χ1n) is 12.5. The molecule has 0 spiro atoms. The van der Waals surface area contributed by atoms with Crippen molar-refractivity contribution in [3.63, 3.8) is 0 Å². The fourth-order valence-corrected chi connectivity index (χ4v) is 5.60. The predicted octanol–water partition coefficient (Wildman–Crippen LogP) is 2.74. The topological polar surface area (TPSA) is 73.3 Å². The highest BCUT2D eigenvalue weighted by Crippen LogP contribution is 2.34. The molecule has 0 saturated carbocycles. The first-order valence-corrected chi connectivity index (χ1v) is 12.5. The molecular weight excluding hydrogens is 449 g/mol. The Labute approximate surface area is 205 Å². The SMILES string of the molecule is C[C@H](O)C(N1CCN(c2cc(F)ccc2OC2Cc3ccccc3C2)CC1)N1C(=O)CCCC1=O. The molecule has 1 unspecified atom stereocenters. The van der Waals surface area contributed by atoms with Gasteiger partial charge in [-0.3, -0.25) is 19.4 Å². The van der Waals surface area contributed by atoms with Crippen LogP contribution in [0.1, 0.15) is 37.3 Å². The number of carbonyl (C=O) groups excluding carboxylic acids is 2. The molecule has 5 rings (SSSR count). The average molecular weight is 482 g/mol. The molecule has 2 aliphatic heterocycles. The van der Waals surface area contributed by atoms with Crippen LogP contribution in [0.25, 0.3) is 0 Å². The van der Waals surface area contributed by atoms with Gasteiger partial charge in [-0.15, -0.1) is 0 Å². The number of aliphatic hydroxyl groups is 1. The summed E-state index contributed by atoms with van der Waals surface area (Å²) in [5.41, 5.74) is 3.29. The molecule has 8 heteroatoms. The highest BCUT2D eigenvalue weighted by atomic mass is 19.1. The van der Waals surface area contributed by atoms with E-state index in [1.165, 1.54) is 28.2 Å². The summed E-state index contributed by atoms with van der Waals surface area (Å²) in [6, 6.07) is 13.0. The summed E-state index contributed by atoms with van der Waals surface area (Å²) in [6.45, 7) is 3.79. The van der Waals surface area contributed by atoms with E-state index in [0.717, 1.165) is 12.8 Å². The number of hydrogen-bond donors (Lipinski definition) is 1. The van der Waals surface area contributed by atoms with E-state index in [1.807, 2.05) is 17.0 Å². The summed E-state index contributed by atoms with van der Waals surface area (Å²) in [5.74, 6) is -0.122. The Balaban J connectivity index is 1.29. The lowest BCUT2D eigenvalue weighted by Gasteiger charge is -2.45. The Bertz CT molecular complexity index is 1060. The Morgan fingerprint density at radius 2 is 1.60 bits per heavy atom. The van der Waals surface area contributed by atoms with Crippen molar-refractivity contribution in [1.29, 1.82) is 0 Å². The van der Waals surface area contributed by atoms with E-state index in [0.29, 0.717) is 56.9 Å². The van der Waals surface area contributed by atoms with Gasteiger partial charge in [-0.05, 0) is 36.6 Å². The quantitative estimate of drug-likeness (QED) is 0.640. The van der Waals surface area contributed by atoms with Crippen molar-refractivity contribution < 1.29 is 23.8 Å². The molecule has 35 heavy (non-hydrogen) atoms. The third kappa shape index (κ3) is 4.90. The number of benzene rings is 2. The van der Waals surface area contributed by atoms with Crippen molar-refractivity contribution in [2.45, 2.75) is 57.4 Å². The fraction of sp³-hybridized carbons (Fsp3) is 0.481. The summed E-state index contributed by atoms with van der Waals surface area (Å²) in [5, 5.41) is 10.5. The highest BCUT2D eigenvalue weighted by molar-refractivity contribution is 5.97. The second-order valence-electron chi connectivity index (χ2n) is 9.72. The van der Waals surface area contributed by atoms with E-state index in [9.17, 15) is 19.1 Å². The Hall–Kier alpha value is -2.97. The molecule has 0 aromatic heterocycles. The molecule has 0 radical (unpaired) electrons. The molecule has 2 heterocycles. The number of anilines is 1. The van der Waals surface area contributed by atoms with Crippen LogP contribution < -0.4 is 9.64 Å². The van der Waals surface area contributed by atoms with Gasteiger partial charge in [-0.25, -0.2) is 4.39 Å². The zero-order chi connectivity index (χ0) is 24.5. The third-order valence-corrected chi connectivity index (χ3v) is 7.27.